The van der Waals surface area contributed by atoms with Crippen molar-refractivity contribution in [3.63, 3.8) is 0 Å². The number of nitrogens with zero attached hydrogens (tertiary/aromatic N) is 3. The van der Waals surface area contributed by atoms with E-state index in [1.54, 1.807) is 23.5 Å². The molecule has 3 rings (SSSR count). The van der Waals surface area contributed by atoms with Gasteiger partial charge in [0.05, 0.1) is 5.01 Å². The highest BCUT2D eigenvalue weighted by atomic mass is 32.1. The van der Waals surface area contributed by atoms with Crippen LogP contribution in [0.3, 0.4) is 0 Å². The minimum atomic E-state index is -0.0735. The molecule has 1 atom stereocenters. The molecular formula is C20H28FN3S. The van der Waals surface area contributed by atoms with Crippen molar-refractivity contribution in [2.24, 2.45) is 5.92 Å². The summed E-state index contributed by atoms with van der Waals surface area (Å²) < 4.78 is 13.8. The average Bonchev–Trinajstić information content (AvgIpc) is 2.99. The van der Waals surface area contributed by atoms with Crippen LogP contribution < -0.4 is 0 Å². The topological polar surface area (TPSA) is 19.4 Å². The maximum Gasteiger partial charge on any atom is 0.126 e. The van der Waals surface area contributed by atoms with Gasteiger partial charge in [-0.25, -0.2) is 9.37 Å². The van der Waals surface area contributed by atoms with Crippen LogP contribution in [0.4, 0.5) is 4.39 Å². The Balaban J connectivity index is 1.45. The van der Waals surface area contributed by atoms with Crippen LogP contribution in [0.2, 0.25) is 0 Å². The quantitative estimate of drug-likeness (QED) is 0.744. The van der Waals surface area contributed by atoms with E-state index in [0.717, 1.165) is 49.7 Å². The third-order valence-corrected chi connectivity index (χ3v) is 5.82. The summed E-state index contributed by atoms with van der Waals surface area (Å²) in [6.45, 7) is 7.38. The monoisotopic (exact) mass is 361 g/mol. The third kappa shape index (κ3) is 5.59. The fourth-order valence-electron chi connectivity index (χ4n) is 3.73. The Hall–Kier alpha value is -1.30. The summed E-state index contributed by atoms with van der Waals surface area (Å²) >= 11 is 1.79. The summed E-state index contributed by atoms with van der Waals surface area (Å²) in [4.78, 5) is 10.6. The van der Waals surface area contributed by atoms with Gasteiger partial charge in [0.25, 0.3) is 0 Å². The lowest BCUT2D eigenvalue weighted by atomic mass is 9.97. The standard InChI is InChI=1S/C20H28FN3S/c1-16-22-12-19(25-16)15-23(2)13-17-6-5-10-24(14-17)11-9-18-7-3-4-8-20(18)21/h3-4,7-8,12,17H,5-6,9-11,13-15H2,1-2H3/t17-/m1/s1. The maximum atomic E-state index is 13.8. The number of hydrogen-bond acceptors (Lipinski definition) is 4. The molecular weight excluding hydrogens is 333 g/mol. The van der Waals surface area contributed by atoms with Gasteiger partial charge in [-0.15, -0.1) is 11.3 Å². The zero-order valence-electron chi connectivity index (χ0n) is 15.2. The molecule has 0 amide bonds. The summed E-state index contributed by atoms with van der Waals surface area (Å²) in [6.07, 6.45) is 5.34. The second-order valence-corrected chi connectivity index (χ2v) is 8.51. The Labute approximate surface area is 154 Å². The first-order valence-corrected chi connectivity index (χ1v) is 9.97. The van der Waals surface area contributed by atoms with Gasteiger partial charge in [0.2, 0.25) is 0 Å². The highest BCUT2D eigenvalue weighted by Gasteiger charge is 2.21. The summed E-state index contributed by atoms with van der Waals surface area (Å²) in [5.74, 6) is 0.629. The largest absolute Gasteiger partial charge is 0.303 e. The molecule has 2 heterocycles. The molecule has 1 aliphatic rings. The van der Waals surface area contributed by atoms with Crippen LogP contribution in [0.1, 0.15) is 28.3 Å². The number of rotatable bonds is 7. The zero-order chi connectivity index (χ0) is 17.6. The van der Waals surface area contributed by atoms with Crippen molar-refractivity contribution in [2.45, 2.75) is 32.7 Å². The second-order valence-electron chi connectivity index (χ2n) is 7.19. The van der Waals surface area contributed by atoms with Gasteiger partial charge in [0.1, 0.15) is 5.82 Å². The highest BCUT2D eigenvalue weighted by Crippen LogP contribution is 2.20. The lowest BCUT2D eigenvalue weighted by Gasteiger charge is -2.34. The lowest BCUT2D eigenvalue weighted by Crippen LogP contribution is -2.40. The maximum absolute atomic E-state index is 13.8. The number of halogens is 1. The Morgan fingerprint density at radius 1 is 1.36 bits per heavy atom. The van der Waals surface area contributed by atoms with Gasteiger partial charge in [-0.3, -0.25) is 0 Å². The van der Waals surface area contributed by atoms with Crippen LogP contribution in [-0.2, 0) is 13.0 Å². The van der Waals surface area contributed by atoms with E-state index in [1.165, 1.54) is 17.7 Å². The van der Waals surface area contributed by atoms with Crippen LogP contribution >= 0.6 is 11.3 Å². The Kier molecular flexibility index (Phi) is 6.57. The van der Waals surface area contributed by atoms with Crippen molar-refractivity contribution in [3.8, 4) is 0 Å². The molecule has 0 unspecified atom stereocenters. The van der Waals surface area contributed by atoms with Gasteiger partial charge in [-0.1, -0.05) is 18.2 Å². The van der Waals surface area contributed by atoms with Gasteiger partial charge in [-0.05, 0) is 57.3 Å². The molecule has 0 N–H and O–H groups in total. The predicted molar refractivity (Wildman–Crippen MR) is 102 cm³/mol. The van der Waals surface area contributed by atoms with E-state index < -0.39 is 0 Å². The number of aryl methyl sites for hydroxylation is 1. The van der Waals surface area contributed by atoms with Crippen LogP contribution in [0.25, 0.3) is 0 Å². The highest BCUT2D eigenvalue weighted by molar-refractivity contribution is 7.11. The first-order chi connectivity index (χ1) is 12.1. The van der Waals surface area contributed by atoms with E-state index in [1.807, 2.05) is 18.3 Å². The number of thiazole rings is 1. The van der Waals surface area contributed by atoms with Crippen molar-refractivity contribution in [3.05, 3.63) is 51.7 Å². The minimum absolute atomic E-state index is 0.0735. The predicted octanol–water partition coefficient (Wildman–Crippen LogP) is 3.98. The zero-order valence-corrected chi connectivity index (χ0v) is 16.1. The van der Waals surface area contributed by atoms with Gasteiger partial charge in [0.15, 0.2) is 0 Å². The molecule has 0 radical (unpaired) electrons. The van der Waals surface area contributed by atoms with Gasteiger partial charge < -0.3 is 9.80 Å². The SMILES string of the molecule is Cc1ncc(CN(C)C[C@H]2CCCN(CCc3ccccc3F)C2)s1. The molecule has 5 heteroatoms. The van der Waals surface area contributed by atoms with Crippen LogP contribution in [-0.4, -0.2) is 48.0 Å². The number of hydrogen-bond donors (Lipinski definition) is 0. The molecule has 0 aliphatic carbocycles. The van der Waals surface area contributed by atoms with E-state index >= 15 is 0 Å². The second kappa shape index (κ2) is 8.88. The molecule has 0 bridgehead atoms. The summed E-state index contributed by atoms with van der Waals surface area (Å²) in [5, 5.41) is 1.14. The Bertz CT molecular complexity index is 672. The summed E-state index contributed by atoms with van der Waals surface area (Å²) in [7, 11) is 2.20. The molecule has 1 aromatic carbocycles. The first-order valence-electron chi connectivity index (χ1n) is 9.16. The summed E-state index contributed by atoms with van der Waals surface area (Å²) in [5.41, 5.74) is 0.835. The van der Waals surface area contributed by atoms with Crippen LogP contribution in [0, 0.1) is 18.7 Å². The number of benzene rings is 1. The number of likely N-dealkylation sites (tertiary alicyclic amines) is 1. The normalized spacial score (nSPS) is 18.8. The van der Waals surface area contributed by atoms with Gasteiger partial charge in [0, 0.05) is 37.3 Å². The van der Waals surface area contributed by atoms with Crippen molar-refractivity contribution >= 4 is 11.3 Å². The van der Waals surface area contributed by atoms with Crippen LogP contribution in [0.5, 0.6) is 0 Å². The van der Waals surface area contributed by atoms with E-state index in [4.69, 9.17) is 0 Å². The Morgan fingerprint density at radius 2 is 2.20 bits per heavy atom. The molecule has 1 aromatic heterocycles. The van der Waals surface area contributed by atoms with Crippen molar-refractivity contribution in [2.75, 3.05) is 33.2 Å². The minimum Gasteiger partial charge on any atom is -0.303 e. The van der Waals surface area contributed by atoms with Crippen molar-refractivity contribution in [1.29, 1.82) is 0 Å². The molecule has 136 valence electrons. The van der Waals surface area contributed by atoms with Gasteiger partial charge in [-0.2, -0.15) is 0 Å². The molecule has 3 nitrogen and oxygen atoms in total. The van der Waals surface area contributed by atoms with E-state index in [2.05, 4.69) is 28.8 Å². The van der Waals surface area contributed by atoms with Gasteiger partial charge >= 0.3 is 0 Å². The number of aromatic nitrogens is 1. The molecule has 1 saturated heterocycles. The van der Waals surface area contributed by atoms with E-state index in [-0.39, 0.29) is 5.82 Å². The average molecular weight is 362 g/mol. The number of piperidine rings is 1. The van der Waals surface area contributed by atoms with Crippen molar-refractivity contribution in [1.82, 2.24) is 14.8 Å². The van der Waals surface area contributed by atoms with E-state index in [0.29, 0.717) is 5.92 Å². The van der Waals surface area contributed by atoms with Crippen LogP contribution in [0.15, 0.2) is 30.5 Å². The molecule has 1 aliphatic heterocycles. The molecule has 2 aromatic rings. The fraction of sp³-hybridized carbons (Fsp3) is 0.550. The smallest absolute Gasteiger partial charge is 0.126 e. The fourth-order valence-corrected chi connectivity index (χ4v) is 4.61. The lowest BCUT2D eigenvalue weighted by molar-refractivity contribution is 0.142. The van der Waals surface area contributed by atoms with Crippen molar-refractivity contribution < 1.29 is 4.39 Å². The first kappa shape index (κ1) is 18.5. The molecule has 0 spiro atoms. The Morgan fingerprint density at radius 3 is 2.96 bits per heavy atom. The third-order valence-electron chi connectivity index (χ3n) is 4.92. The molecule has 0 saturated carbocycles. The molecule has 1 fully saturated rings. The molecule has 25 heavy (non-hydrogen) atoms. The summed E-state index contributed by atoms with van der Waals surface area (Å²) in [6, 6.07) is 7.15. The van der Waals surface area contributed by atoms with E-state index in [9.17, 15) is 4.39 Å².